The Bertz CT molecular complexity index is 1370. The first-order valence-electron chi connectivity index (χ1n) is 9.15. The number of fused-ring (bicyclic) bond motifs is 1. The quantitative estimate of drug-likeness (QED) is 0.454. The van der Waals surface area contributed by atoms with Gasteiger partial charge in [0.05, 0.1) is 11.4 Å². The van der Waals surface area contributed by atoms with Crippen LogP contribution in [0.2, 0.25) is 5.02 Å². The van der Waals surface area contributed by atoms with Crippen LogP contribution in [0, 0.1) is 13.8 Å². The summed E-state index contributed by atoms with van der Waals surface area (Å²) < 4.78 is 1.37. The maximum Gasteiger partial charge on any atom is 0.348 e. The Kier molecular flexibility index (Phi) is 5.28. The van der Waals surface area contributed by atoms with Crippen LogP contribution in [-0.2, 0) is 0 Å². The molecule has 0 saturated carbocycles. The minimum Gasteiger partial charge on any atom is -0.477 e. The van der Waals surface area contributed by atoms with Crippen LogP contribution >= 0.6 is 22.9 Å². The van der Waals surface area contributed by atoms with Gasteiger partial charge in [0.2, 0.25) is 0 Å². The van der Waals surface area contributed by atoms with Crippen LogP contribution in [0.3, 0.4) is 0 Å². The zero-order valence-corrected chi connectivity index (χ0v) is 17.8. The summed E-state index contributed by atoms with van der Waals surface area (Å²) in [6, 6.07) is 14.7. The van der Waals surface area contributed by atoms with Gasteiger partial charge < -0.3 is 5.11 Å². The first-order valence-corrected chi connectivity index (χ1v) is 10.3. The molecular weight excluding hydrogens is 420 g/mol. The topological polar surface area (TPSA) is 71.7 Å². The molecule has 5 nitrogen and oxygen atoms in total. The molecule has 0 saturated heterocycles. The number of hydrogen-bond donors (Lipinski definition) is 1. The van der Waals surface area contributed by atoms with E-state index in [1.807, 2.05) is 37.3 Å². The molecule has 0 atom stereocenters. The largest absolute Gasteiger partial charge is 0.477 e. The van der Waals surface area contributed by atoms with Gasteiger partial charge in [0.1, 0.15) is 4.88 Å². The summed E-state index contributed by atoms with van der Waals surface area (Å²) in [5, 5.41) is 10.2. The monoisotopic (exact) mass is 436 g/mol. The Morgan fingerprint density at radius 1 is 1.13 bits per heavy atom. The molecule has 0 aliphatic heterocycles. The summed E-state index contributed by atoms with van der Waals surface area (Å²) in [5.41, 5.74) is 3.70. The zero-order chi connectivity index (χ0) is 21.4. The van der Waals surface area contributed by atoms with Crippen molar-refractivity contribution in [2.45, 2.75) is 13.8 Å². The fraction of sp³-hybridized carbons (Fsp3) is 0.0870. The molecule has 30 heavy (non-hydrogen) atoms. The van der Waals surface area contributed by atoms with E-state index in [4.69, 9.17) is 11.6 Å². The molecule has 7 heteroatoms. The third-order valence-corrected chi connectivity index (χ3v) is 6.02. The Hall–Kier alpha value is -3.22. The number of aromatic carboxylic acids is 1. The summed E-state index contributed by atoms with van der Waals surface area (Å²) in [6.07, 6.45) is 3.68. The molecular formula is C23H17ClN2O3S. The molecule has 0 radical (unpaired) electrons. The minimum atomic E-state index is -1.11. The molecule has 0 fully saturated rings. The van der Waals surface area contributed by atoms with Gasteiger partial charge in [-0.25, -0.2) is 14.2 Å². The highest BCUT2D eigenvalue weighted by molar-refractivity contribution is 7.19. The van der Waals surface area contributed by atoms with Gasteiger partial charge in [0.25, 0.3) is 5.56 Å². The molecule has 4 aromatic rings. The van der Waals surface area contributed by atoms with Crippen LogP contribution in [0.25, 0.3) is 28.4 Å². The molecule has 4 rings (SSSR count). The Morgan fingerprint density at radius 3 is 2.53 bits per heavy atom. The summed E-state index contributed by atoms with van der Waals surface area (Å²) in [6.45, 7) is 3.71. The number of carboxylic acid groups (broad SMARTS) is 1. The van der Waals surface area contributed by atoms with Crippen molar-refractivity contribution < 1.29 is 9.90 Å². The van der Waals surface area contributed by atoms with E-state index in [0.717, 1.165) is 22.5 Å². The number of rotatable bonds is 4. The van der Waals surface area contributed by atoms with E-state index in [1.54, 1.807) is 37.3 Å². The van der Waals surface area contributed by atoms with E-state index in [2.05, 4.69) is 4.98 Å². The van der Waals surface area contributed by atoms with E-state index < -0.39 is 5.97 Å². The SMILES string of the molecule is Cc1cccc(C=Cc2nc3sc(C(=O)O)c(-c4ccc(Cl)cc4)n3c(=O)c2C)c1. The number of carbonyl (C=O) groups is 1. The van der Waals surface area contributed by atoms with Crippen molar-refractivity contribution in [3.05, 3.63) is 91.2 Å². The van der Waals surface area contributed by atoms with Gasteiger partial charge in [-0.15, -0.1) is 0 Å². The number of nitrogens with zero attached hydrogens (tertiary/aromatic N) is 2. The van der Waals surface area contributed by atoms with Crippen molar-refractivity contribution >= 4 is 46.0 Å². The van der Waals surface area contributed by atoms with Crippen molar-refractivity contribution in [2.24, 2.45) is 0 Å². The molecule has 2 heterocycles. The molecule has 150 valence electrons. The summed E-state index contributed by atoms with van der Waals surface area (Å²) >= 11 is 6.94. The van der Waals surface area contributed by atoms with Crippen molar-refractivity contribution in [3.8, 4) is 11.3 Å². The van der Waals surface area contributed by atoms with E-state index in [-0.39, 0.29) is 10.4 Å². The molecule has 0 aliphatic carbocycles. The number of aryl methyl sites for hydroxylation is 1. The molecule has 2 aromatic carbocycles. The molecule has 0 aliphatic rings. The highest BCUT2D eigenvalue weighted by Gasteiger charge is 2.23. The second kappa shape index (κ2) is 7.89. The lowest BCUT2D eigenvalue weighted by Gasteiger charge is -2.06. The van der Waals surface area contributed by atoms with Crippen LogP contribution in [0.15, 0.2) is 53.3 Å². The van der Waals surface area contributed by atoms with Crippen LogP contribution < -0.4 is 5.56 Å². The lowest BCUT2D eigenvalue weighted by Crippen LogP contribution is -2.19. The standard InChI is InChI=1S/C23H17ClN2O3S/c1-13-4-3-5-15(12-13)6-11-18-14(2)21(27)26-19(16-7-9-17(24)10-8-16)20(22(28)29)30-23(26)25-18/h3-12H,1-2H3,(H,28,29). The first-order chi connectivity index (χ1) is 14.3. The summed E-state index contributed by atoms with van der Waals surface area (Å²) in [4.78, 5) is 30.0. The molecule has 1 N–H and O–H groups in total. The third kappa shape index (κ3) is 3.67. The lowest BCUT2D eigenvalue weighted by atomic mass is 10.1. The number of halogens is 1. The molecule has 0 spiro atoms. The Balaban J connectivity index is 1.92. The summed E-state index contributed by atoms with van der Waals surface area (Å²) in [7, 11) is 0. The smallest absolute Gasteiger partial charge is 0.348 e. The Morgan fingerprint density at radius 2 is 1.87 bits per heavy atom. The second-order valence-corrected chi connectivity index (χ2v) is 8.30. The number of hydrogen-bond acceptors (Lipinski definition) is 4. The Labute approximate surface area is 181 Å². The minimum absolute atomic E-state index is 0.0566. The van der Waals surface area contributed by atoms with Crippen molar-refractivity contribution in [1.82, 2.24) is 9.38 Å². The number of aromatic nitrogens is 2. The fourth-order valence-corrected chi connectivity index (χ4v) is 4.34. The van der Waals surface area contributed by atoms with Crippen molar-refractivity contribution in [3.63, 3.8) is 0 Å². The third-order valence-electron chi connectivity index (χ3n) is 4.74. The predicted octanol–water partition coefficient (Wildman–Crippen LogP) is 5.56. The summed E-state index contributed by atoms with van der Waals surface area (Å²) in [5.74, 6) is -1.11. The second-order valence-electron chi connectivity index (χ2n) is 6.88. The highest BCUT2D eigenvalue weighted by Crippen LogP contribution is 2.31. The van der Waals surface area contributed by atoms with Gasteiger partial charge in [-0.2, -0.15) is 0 Å². The number of benzene rings is 2. The van der Waals surface area contributed by atoms with Gasteiger partial charge in [0, 0.05) is 16.1 Å². The van der Waals surface area contributed by atoms with Crippen LogP contribution in [0.4, 0.5) is 0 Å². The lowest BCUT2D eigenvalue weighted by molar-refractivity contribution is 0.0702. The van der Waals surface area contributed by atoms with Crippen molar-refractivity contribution in [1.29, 1.82) is 0 Å². The van der Waals surface area contributed by atoms with Gasteiger partial charge in [-0.05, 0) is 37.6 Å². The normalized spacial score (nSPS) is 11.4. The van der Waals surface area contributed by atoms with E-state index in [9.17, 15) is 14.7 Å². The van der Waals surface area contributed by atoms with E-state index in [0.29, 0.717) is 32.5 Å². The van der Waals surface area contributed by atoms with E-state index >= 15 is 0 Å². The molecule has 0 unspecified atom stereocenters. The van der Waals surface area contributed by atoms with Crippen LogP contribution in [0.5, 0.6) is 0 Å². The van der Waals surface area contributed by atoms with Gasteiger partial charge in [-0.1, -0.05) is 71.0 Å². The van der Waals surface area contributed by atoms with Gasteiger partial charge in [-0.3, -0.25) is 4.79 Å². The fourth-order valence-electron chi connectivity index (χ4n) is 3.23. The average molecular weight is 437 g/mol. The molecule has 0 bridgehead atoms. The average Bonchev–Trinajstić information content (AvgIpc) is 3.10. The highest BCUT2D eigenvalue weighted by atomic mass is 35.5. The number of carboxylic acids is 1. The van der Waals surface area contributed by atoms with Crippen LogP contribution in [0.1, 0.15) is 32.1 Å². The van der Waals surface area contributed by atoms with E-state index in [1.165, 1.54) is 4.40 Å². The zero-order valence-electron chi connectivity index (χ0n) is 16.2. The molecule has 0 amide bonds. The molecule has 2 aromatic heterocycles. The number of thiazole rings is 1. The van der Waals surface area contributed by atoms with Crippen LogP contribution in [-0.4, -0.2) is 20.5 Å². The maximum absolute atomic E-state index is 13.2. The maximum atomic E-state index is 13.2. The first kappa shape index (κ1) is 20.1. The van der Waals surface area contributed by atoms with Gasteiger partial charge >= 0.3 is 5.97 Å². The van der Waals surface area contributed by atoms with Gasteiger partial charge in [0.15, 0.2) is 4.96 Å². The predicted molar refractivity (Wildman–Crippen MR) is 122 cm³/mol. The van der Waals surface area contributed by atoms with Crippen molar-refractivity contribution in [2.75, 3.05) is 0 Å².